The number of rotatable bonds is 1. The Balaban J connectivity index is 1.94. The molecule has 0 aliphatic carbocycles. The van der Waals surface area contributed by atoms with Crippen molar-refractivity contribution in [2.75, 3.05) is 23.9 Å². The molecule has 2 aromatic rings. The molecule has 5 nitrogen and oxygen atoms in total. The number of ether oxygens (including phenoxy) is 1. The zero-order chi connectivity index (χ0) is 13.7. The van der Waals surface area contributed by atoms with Crippen LogP contribution in [0.5, 0.6) is 5.75 Å². The third kappa shape index (κ3) is 1.63. The van der Waals surface area contributed by atoms with E-state index in [1.165, 1.54) is 11.3 Å². The minimum Gasteiger partial charge on any atom is -0.497 e. The molecule has 2 aliphatic heterocycles. The highest BCUT2D eigenvalue weighted by Crippen LogP contribution is 2.48. The molecule has 20 heavy (non-hydrogen) atoms. The van der Waals surface area contributed by atoms with Crippen LogP contribution < -0.4 is 15.0 Å². The summed E-state index contributed by atoms with van der Waals surface area (Å²) in [6.07, 6.45) is 2.15. The Kier molecular flexibility index (Phi) is 2.50. The fourth-order valence-corrected chi connectivity index (χ4v) is 3.09. The Labute approximate surface area is 121 Å². The quantitative estimate of drug-likeness (QED) is 0.873. The molecule has 0 spiro atoms. The van der Waals surface area contributed by atoms with Gasteiger partial charge in [0, 0.05) is 18.7 Å². The number of nitrogens with one attached hydrogen (secondary N) is 1. The minimum absolute atomic E-state index is 0.412. The molecular weight excluding hydrogens is 276 g/mol. The molecule has 0 fully saturated rings. The smallest absolute Gasteiger partial charge is 0.177 e. The first-order chi connectivity index (χ1) is 9.76. The van der Waals surface area contributed by atoms with Gasteiger partial charge in [0.1, 0.15) is 5.75 Å². The van der Waals surface area contributed by atoms with Gasteiger partial charge in [0.25, 0.3) is 0 Å². The largest absolute Gasteiger partial charge is 0.497 e. The monoisotopic (exact) mass is 288 g/mol. The van der Waals surface area contributed by atoms with Gasteiger partial charge in [0.15, 0.2) is 11.0 Å². The summed E-state index contributed by atoms with van der Waals surface area (Å²) in [6, 6.07) is 5.96. The molecule has 0 amide bonds. The maximum absolute atomic E-state index is 5.98. The van der Waals surface area contributed by atoms with E-state index < -0.39 is 0 Å². The summed E-state index contributed by atoms with van der Waals surface area (Å²) >= 11 is 5.98. The van der Waals surface area contributed by atoms with E-state index in [2.05, 4.69) is 26.5 Å². The number of halogens is 1. The van der Waals surface area contributed by atoms with Crippen molar-refractivity contribution in [1.82, 2.24) is 10.2 Å². The number of fused-ring (bicyclic) bond motifs is 2. The van der Waals surface area contributed by atoms with E-state index >= 15 is 0 Å². The molecule has 0 saturated carbocycles. The predicted octanol–water partition coefficient (Wildman–Crippen LogP) is 3.28. The molecule has 2 aliphatic rings. The zero-order valence-corrected chi connectivity index (χ0v) is 11.7. The summed E-state index contributed by atoms with van der Waals surface area (Å²) in [4.78, 5) is 2.26. The van der Waals surface area contributed by atoms with Crippen molar-refractivity contribution in [3.05, 3.63) is 28.9 Å². The van der Waals surface area contributed by atoms with Crippen LogP contribution in [0.1, 0.15) is 12.0 Å². The van der Waals surface area contributed by atoms with Gasteiger partial charge in [-0.25, -0.2) is 0 Å². The maximum Gasteiger partial charge on any atom is 0.177 e. The topological polar surface area (TPSA) is 50.3 Å². The average Bonchev–Trinajstić information content (AvgIpc) is 2.48. The van der Waals surface area contributed by atoms with E-state index in [0.29, 0.717) is 5.15 Å². The predicted molar refractivity (Wildman–Crippen MR) is 78.6 cm³/mol. The van der Waals surface area contributed by atoms with Crippen molar-refractivity contribution in [3.8, 4) is 5.75 Å². The van der Waals surface area contributed by atoms with E-state index in [4.69, 9.17) is 16.3 Å². The van der Waals surface area contributed by atoms with Crippen LogP contribution >= 0.6 is 11.6 Å². The SMILES string of the molecule is COc1cc2c3c(c1)Nc1nnc(Cl)cc1N3CCC2. The van der Waals surface area contributed by atoms with E-state index in [1.807, 2.05) is 12.1 Å². The number of hydrogen-bond acceptors (Lipinski definition) is 5. The van der Waals surface area contributed by atoms with Gasteiger partial charge >= 0.3 is 0 Å². The van der Waals surface area contributed by atoms with E-state index in [0.717, 1.165) is 42.3 Å². The van der Waals surface area contributed by atoms with E-state index in [1.54, 1.807) is 7.11 Å². The molecule has 0 bridgehead atoms. The van der Waals surface area contributed by atoms with Crippen LogP contribution in [0.2, 0.25) is 5.15 Å². The average molecular weight is 289 g/mol. The summed E-state index contributed by atoms with van der Waals surface area (Å²) in [5, 5.41) is 11.8. The van der Waals surface area contributed by atoms with E-state index in [-0.39, 0.29) is 0 Å². The van der Waals surface area contributed by atoms with Crippen LogP contribution in [0.3, 0.4) is 0 Å². The minimum atomic E-state index is 0.412. The third-order valence-corrected chi connectivity index (χ3v) is 3.97. The van der Waals surface area contributed by atoms with Gasteiger partial charge in [0.2, 0.25) is 0 Å². The molecule has 0 atom stereocenters. The number of methoxy groups -OCH3 is 1. The number of aryl methyl sites for hydroxylation is 1. The second-order valence-corrected chi connectivity index (χ2v) is 5.35. The lowest BCUT2D eigenvalue weighted by Crippen LogP contribution is -2.29. The second kappa shape index (κ2) is 4.24. The summed E-state index contributed by atoms with van der Waals surface area (Å²) < 4.78 is 5.37. The van der Waals surface area contributed by atoms with Crippen LogP contribution in [0.25, 0.3) is 0 Å². The van der Waals surface area contributed by atoms with Crippen LogP contribution in [0, 0.1) is 0 Å². The van der Waals surface area contributed by atoms with Crippen molar-refractivity contribution < 1.29 is 4.74 Å². The Morgan fingerprint density at radius 1 is 1.30 bits per heavy atom. The van der Waals surface area contributed by atoms with Gasteiger partial charge in [-0.3, -0.25) is 0 Å². The van der Waals surface area contributed by atoms with E-state index in [9.17, 15) is 0 Å². The molecule has 6 heteroatoms. The lowest BCUT2D eigenvalue weighted by Gasteiger charge is -2.37. The Hall–Kier alpha value is -2.01. The van der Waals surface area contributed by atoms with Crippen molar-refractivity contribution >= 4 is 34.5 Å². The number of aromatic nitrogens is 2. The number of benzene rings is 1. The zero-order valence-electron chi connectivity index (χ0n) is 11.0. The standard InChI is InChI=1S/C14H13ClN4O/c1-20-9-5-8-3-2-4-19-11-7-12(15)17-18-14(11)16-10(6-9)13(8)19/h5-7H,2-4H2,1H3,(H,16,18). The van der Waals surface area contributed by atoms with Gasteiger partial charge in [-0.2, -0.15) is 0 Å². The first kappa shape index (κ1) is 11.8. The Bertz CT molecular complexity index is 704. The maximum atomic E-state index is 5.98. The molecular formula is C14H13ClN4O. The molecule has 1 N–H and O–H groups in total. The molecule has 3 heterocycles. The molecule has 4 rings (SSSR count). The van der Waals surface area contributed by atoms with Crippen molar-refractivity contribution in [2.45, 2.75) is 12.8 Å². The highest BCUT2D eigenvalue weighted by atomic mass is 35.5. The molecule has 1 aromatic carbocycles. The molecule has 0 radical (unpaired) electrons. The fraction of sp³-hybridized carbons (Fsp3) is 0.286. The highest BCUT2D eigenvalue weighted by molar-refractivity contribution is 6.29. The summed E-state index contributed by atoms with van der Waals surface area (Å²) in [5.74, 6) is 1.60. The van der Waals surface area contributed by atoms with Crippen LogP contribution in [-0.2, 0) is 6.42 Å². The molecule has 1 aromatic heterocycles. The van der Waals surface area contributed by atoms with Crippen molar-refractivity contribution in [2.24, 2.45) is 0 Å². The number of anilines is 4. The van der Waals surface area contributed by atoms with Crippen LogP contribution in [0.4, 0.5) is 22.9 Å². The number of nitrogens with zero attached hydrogens (tertiary/aromatic N) is 3. The Morgan fingerprint density at radius 3 is 3.05 bits per heavy atom. The fourth-order valence-electron chi connectivity index (χ4n) is 2.95. The molecule has 102 valence electrons. The first-order valence-electron chi connectivity index (χ1n) is 6.55. The lowest BCUT2D eigenvalue weighted by atomic mass is 9.97. The first-order valence-corrected chi connectivity index (χ1v) is 6.93. The van der Waals surface area contributed by atoms with Crippen molar-refractivity contribution in [1.29, 1.82) is 0 Å². The Morgan fingerprint density at radius 2 is 2.20 bits per heavy atom. The van der Waals surface area contributed by atoms with Gasteiger partial charge < -0.3 is 15.0 Å². The second-order valence-electron chi connectivity index (χ2n) is 4.96. The summed E-state index contributed by atoms with van der Waals surface area (Å²) in [5.41, 5.74) is 4.50. The number of hydrogen-bond donors (Lipinski definition) is 1. The summed E-state index contributed by atoms with van der Waals surface area (Å²) in [6.45, 7) is 0.961. The highest BCUT2D eigenvalue weighted by Gasteiger charge is 2.29. The summed E-state index contributed by atoms with van der Waals surface area (Å²) in [7, 11) is 1.69. The van der Waals surface area contributed by atoms with Gasteiger partial charge in [-0.15, -0.1) is 10.2 Å². The molecule has 0 saturated heterocycles. The third-order valence-electron chi connectivity index (χ3n) is 3.78. The normalized spacial score (nSPS) is 15.2. The molecule has 0 unspecified atom stereocenters. The van der Waals surface area contributed by atoms with Crippen molar-refractivity contribution in [3.63, 3.8) is 0 Å². The van der Waals surface area contributed by atoms with Gasteiger partial charge in [-0.05, 0) is 24.5 Å². The van der Waals surface area contributed by atoms with Gasteiger partial charge in [0.05, 0.1) is 24.2 Å². The lowest BCUT2D eigenvalue weighted by molar-refractivity contribution is 0.414. The van der Waals surface area contributed by atoms with Crippen LogP contribution in [0.15, 0.2) is 18.2 Å². The van der Waals surface area contributed by atoms with Crippen LogP contribution in [-0.4, -0.2) is 23.9 Å². The van der Waals surface area contributed by atoms with Gasteiger partial charge in [-0.1, -0.05) is 11.6 Å².